The van der Waals surface area contributed by atoms with Crippen LogP contribution in [0.1, 0.15) is 209 Å². The lowest BCUT2D eigenvalue weighted by Gasteiger charge is -2.46. The second-order valence-corrected chi connectivity index (χ2v) is 44.0. The highest BCUT2D eigenvalue weighted by Gasteiger charge is 2.76. The molecule has 18 aliphatic rings. The quantitative estimate of drug-likeness (QED) is 0.0296. The van der Waals surface area contributed by atoms with E-state index < -0.39 is 281 Å². The summed E-state index contributed by atoms with van der Waals surface area (Å²) in [6.45, 7) is 9.84. The number of alkyl halides is 6. The van der Waals surface area contributed by atoms with Gasteiger partial charge in [-0.15, -0.1) is 0 Å². The summed E-state index contributed by atoms with van der Waals surface area (Å²) in [6, 6.07) is 0. The van der Waals surface area contributed by atoms with Crippen LogP contribution in [-0.2, 0) is 145 Å². The molecule has 18 rings (SSSR count). The Hall–Kier alpha value is -7.05. The molecule has 36 atom stereocenters. The van der Waals surface area contributed by atoms with Gasteiger partial charge in [0.2, 0.25) is 0 Å². The van der Waals surface area contributed by atoms with E-state index in [4.69, 9.17) is 42.6 Å². The standard InChI is InChI=1S/C29H38F2O11S.C28H36F2O11S.C27H34F2O11S/c1-12(2)28(11-14-9-19(28)16-6-4-5-15(14)16)42-27(35)23-18-10-17-22(23)26(34)41-25(17)24(18)40-21(33)8-7-20(32)39-13(3)29(30,31)43(36,37)38;1-3-27(11-13-9-18(27)15-6-4-5-14(13)15)41-26(34)22-17-10-16-21(22)25(33)40-24(16)23(17)39-20(32)8-7-19(31)38-12(2)28(29,30)42(35,36)37;1-11(27(28,29)41(34,35)36)37-18(30)6-7-19(31)38-22-16-9-15-20(24(32)39-23(15)22)21(16)25(33)40-26(2)10-12-8-17(26)14-5-3-4-13(12)14/h12-19,22-25H,4-11H2,1-3H3,(H,36,37,38);12-18,21-24H,3-11H2,1-2H3,(H,35,36,37);11-17,20-23H,3-10H2,1-2H3,(H,34,35,36)/p-3. The number of halogens is 6. The summed E-state index contributed by atoms with van der Waals surface area (Å²) in [4.78, 5) is 154. The Labute approximate surface area is 722 Å². The third-order valence-electron chi connectivity index (χ3n) is 33.6. The van der Waals surface area contributed by atoms with Gasteiger partial charge < -0.3 is 70.5 Å². The van der Waals surface area contributed by atoms with Crippen molar-refractivity contribution in [2.24, 2.45) is 148 Å². The molecule has 3 heterocycles. The minimum Gasteiger partial charge on any atom is -0.743 e. The summed E-state index contributed by atoms with van der Waals surface area (Å²) < 4.78 is 243. The highest BCUT2D eigenvalue weighted by Crippen LogP contribution is 2.70. The lowest BCUT2D eigenvalue weighted by molar-refractivity contribution is -0.190. The second-order valence-electron chi connectivity index (χ2n) is 39.7. The molecule has 0 amide bonds. The van der Waals surface area contributed by atoms with Crippen LogP contribution in [-0.4, -0.2) is 198 Å². The summed E-state index contributed by atoms with van der Waals surface area (Å²) in [5.41, 5.74) is -1.74. The molecule has 0 aromatic heterocycles. The Morgan fingerprint density at radius 1 is 0.397 bits per heavy atom. The number of fused-ring (bicyclic) bond motifs is 18. The number of hydrogen-bond donors (Lipinski definition) is 0. The second kappa shape index (κ2) is 32.7. The molecule has 12 bridgehead atoms. The van der Waals surface area contributed by atoms with Crippen LogP contribution in [0.25, 0.3) is 0 Å². The van der Waals surface area contributed by atoms with Crippen molar-refractivity contribution in [3.8, 4) is 0 Å². The van der Waals surface area contributed by atoms with Gasteiger partial charge in [-0.1, -0.05) is 40.0 Å². The van der Waals surface area contributed by atoms with E-state index in [9.17, 15) is 123 Å². The van der Waals surface area contributed by atoms with Crippen molar-refractivity contribution in [3.05, 3.63) is 0 Å². The molecule has 18 fully saturated rings. The molecule has 0 N–H and O–H groups in total. The summed E-state index contributed by atoms with van der Waals surface area (Å²) >= 11 is 0. The molecule has 15 aliphatic carbocycles. The summed E-state index contributed by atoms with van der Waals surface area (Å²) in [5.74, 6) is -10.2. The minimum absolute atomic E-state index is 0.0969. The van der Waals surface area contributed by atoms with Crippen molar-refractivity contribution in [2.75, 3.05) is 0 Å². The Morgan fingerprint density at radius 3 is 1.06 bits per heavy atom. The van der Waals surface area contributed by atoms with Crippen LogP contribution in [0.15, 0.2) is 0 Å². The van der Waals surface area contributed by atoms with Crippen LogP contribution >= 0.6 is 0 Å². The number of hydrogen-bond acceptors (Lipinski definition) is 33. The predicted octanol–water partition coefficient (Wildman–Crippen LogP) is 7.97. The van der Waals surface area contributed by atoms with Crippen LogP contribution in [0, 0.1) is 148 Å². The predicted molar refractivity (Wildman–Crippen MR) is 402 cm³/mol. The molecule has 0 spiro atoms. The van der Waals surface area contributed by atoms with Crippen LogP contribution < -0.4 is 0 Å². The third-order valence-corrected chi connectivity index (χ3v) is 36.6. The maximum absolute atomic E-state index is 13.9. The fourth-order valence-corrected chi connectivity index (χ4v) is 29.8. The van der Waals surface area contributed by atoms with Gasteiger partial charge >= 0.3 is 87.4 Å². The Balaban J connectivity index is 0.000000139. The lowest BCUT2D eigenvalue weighted by Crippen LogP contribution is -2.52. The molecule has 0 aromatic rings. The highest BCUT2D eigenvalue weighted by molar-refractivity contribution is 7.87. The average molecular weight is 1850 g/mol. The largest absolute Gasteiger partial charge is 0.743 e. The zero-order valence-electron chi connectivity index (χ0n) is 70.3. The van der Waals surface area contributed by atoms with Gasteiger partial charge in [-0.25, -0.2) is 25.3 Å². The number of rotatable bonds is 29. The number of carbonyl (C=O) groups is 12. The van der Waals surface area contributed by atoms with E-state index in [-0.39, 0.29) is 23.7 Å². The van der Waals surface area contributed by atoms with E-state index in [0.29, 0.717) is 117 Å². The molecular weight excluding hydrogens is 1750 g/mol. The third kappa shape index (κ3) is 15.4. The fraction of sp³-hybridized carbons (Fsp3) is 0.857. The molecular formula is C84H105F6O33S3-3. The zero-order valence-corrected chi connectivity index (χ0v) is 72.7. The van der Waals surface area contributed by atoms with E-state index in [1.54, 1.807) is 0 Å². The van der Waals surface area contributed by atoms with E-state index >= 15 is 0 Å². The van der Waals surface area contributed by atoms with Crippen LogP contribution in [0.3, 0.4) is 0 Å². The van der Waals surface area contributed by atoms with Gasteiger partial charge in [0, 0.05) is 53.3 Å². The highest BCUT2D eigenvalue weighted by atomic mass is 32.2. The van der Waals surface area contributed by atoms with Crippen LogP contribution in [0.5, 0.6) is 0 Å². The normalized spacial score (nSPS) is 41.9. The Kier molecular flexibility index (Phi) is 24.0. The lowest BCUT2D eigenvalue weighted by atomic mass is 9.68. The van der Waals surface area contributed by atoms with Crippen LogP contribution in [0.4, 0.5) is 26.3 Å². The fourth-order valence-electron chi connectivity index (χ4n) is 28.4. The monoisotopic (exact) mass is 1850 g/mol. The number of carbonyl (C=O) groups excluding carboxylic acids is 12. The summed E-state index contributed by atoms with van der Waals surface area (Å²) in [5, 5.41) is -14.5. The number of esters is 12. The zero-order chi connectivity index (χ0) is 91.2. The first-order chi connectivity index (χ1) is 58.9. The van der Waals surface area contributed by atoms with E-state index in [1.807, 2.05) is 13.8 Å². The van der Waals surface area contributed by atoms with Crippen molar-refractivity contribution in [2.45, 2.75) is 296 Å². The van der Waals surface area contributed by atoms with Gasteiger partial charge in [0.25, 0.3) is 0 Å². The van der Waals surface area contributed by atoms with Crippen molar-refractivity contribution in [3.63, 3.8) is 0 Å². The maximum Gasteiger partial charge on any atom is 0.369 e. The maximum atomic E-state index is 13.9. The van der Waals surface area contributed by atoms with Gasteiger partial charge in [-0.2, -0.15) is 26.3 Å². The molecule has 3 saturated heterocycles. The van der Waals surface area contributed by atoms with Gasteiger partial charge in [0.05, 0.1) is 74.0 Å². The summed E-state index contributed by atoms with van der Waals surface area (Å²) in [7, 11) is -18.2. The topological polar surface area (TPSA) is 487 Å². The van der Waals surface area contributed by atoms with E-state index in [0.717, 1.165) is 57.8 Å². The summed E-state index contributed by atoms with van der Waals surface area (Å²) in [6.07, 6.45) is 1.76. The number of ether oxygens (including phenoxy) is 12. The van der Waals surface area contributed by atoms with Crippen molar-refractivity contribution >= 4 is 102 Å². The molecule has 0 radical (unpaired) electrons. The van der Waals surface area contributed by atoms with Crippen molar-refractivity contribution in [1.82, 2.24) is 0 Å². The Bertz CT molecular complexity index is 4800. The van der Waals surface area contributed by atoms with Crippen molar-refractivity contribution < 1.29 is 180 Å². The molecule has 3 aliphatic heterocycles. The van der Waals surface area contributed by atoms with Gasteiger partial charge in [-0.3, -0.25) is 57.5 Å². The molecule has 702 valence electrons. The first-order valence-corrected chi connectivity index (χ1v) is 48.6. The first-order valence-electron chi connectivity index (χ1n) is 44.3. The molecule has 36 unspecified atom stereocenters. The average Bonchev–Trinajstić information content (AvgIpc) is 1.53. The van der Waals surface area contributed by atoms with Crippen LogP contribution in [0.2, 0.25) is 0 Å². The molecule has 33 nitrogen and oxygen atoms in total. The molecule has 15 saturated carbocycles. The molecule has 0 aromatic carbocycles. The first kappa shape index (κ1) is 92.2. The SMILES string of the molecule is CC(C)C1(OC(=O)C2C3CC4C(OC(=O)C42)C3OC(=O)CCC(=O)OC(C)C(F)(F)S(=O)(=O)[O-])CC2CC1C1CCCC21.CC(OC(=O)CCC(=O)OC1C2CC3C1OC(=O)C3C2C(=O)OC1(C)CC2CC1C1CCCC21)C(F)(F)S(=O)(=O)[O-].CCC1(OC(=O)C2C3CC4C(OC(=O)C42)C3OC(=O)CCC(=O)OC(C)C(F)(F)S(=O)(=O)[O-])CC2CC1C1CCCC21. The minimum atomic E-state index is -6.08. The van der Waals surface area contributed by atoms with Gasteiger partial charge in [0.1, 0.15) is 53.4 Å². The van der Waals surface area contributed by atoms with Gasteiger partial charge in [0.15, 0.2) is 48.7 Å². The Morgan fingerprint density at radius 2 is 0.698 bits per heavy atom. The molecule has 42 heteroatoms. The van der Waals surface area contributed by atoms with Crippen molar-refractivity contribution in [1.29, 1.82) is 0 Å². The molecule has 126 heavy (non-hydrogen) atoms. The van der Waals surface area contributed by atoms with E-state index in [1.165, 1.54) is 38.5 Å². The van der Waals surface area contributed by atoms with Gasteiger partial charge in [-0.05, 0) is 190 Å². The van der Waals surface area contributed by atoms with E-state index in [2.05, 4.69) is 28.1 Å². The smallest absolute Gasteiger partial charge is 0.369 e.